The van der Waals surface area contributed by atoms with Crippen LogP contribution >= 0.6 is 0 Å². The first-order valence-corrected chi connectivity index (χ1v) is 10.3. The zero-order valence-corrected chi connectivity index (χ0v) is 17.4. The Labute approximate surface area is 164 Å². The van der Waals surface area contributed by atoms with Gasteiger partial charge in [0, 0.05) is 18.0 Å². The molecule has 1 aliphatic rings. The highest BCUT2D eigenvalue weighted by Crippen LogP contribution is 2.42. The lowest BCUT2D eigenvalue weighted by atomic mass is 9.67. The highest BCUT2D eigenvalue weighted by Gasteiger charge is 2.36. The highest BCUT2D eigenvalue weighted by atomic mass is 16.5. The second-order valence-electron chi connectivity index (χ2n) is 8.17. The molecule has 1 saturated carbocycles. The number of amides is 1. The topological polar surface area (TPSA) is 76.7 Å². The lowest BCUT2D eigenvalue weighted by Gasteiger charge is -2.41. The number of carbonyl (C=O) groups is 2. The molecule has 0 aliphatic heterocycles. The minimum absolute atomic E-state index is 0.0596. The molecule has 6 heteroatoms. The standard InChI is InChI=1S/C21H38N2O4/c1-5-19(24)26-11-9-7-8-10-23-20(25)27-16-21(4)13-17(3)12-18(14-21)15-22-6-2/h5,17-18,22H,1,6-16H2,2-4H3,(H,23,25)/t17-,18+,21?/m0/s1. The molecule has 27 heavy (non-hydrogen) atoms. The van der Waals surface area contributed by atoms with E-state index in [2.05, 4.69) is 38.0 Å². The molecule has 156 valence electrons. The van der Waals surface area contributed by atoms with Crippen LogP contribution in [0.3, 0.4) is 0 Å². The van der Waals surface area contributed by atoms with E-state index in [0.717, 1.165) is 51.3 Å². The van der Waals surface area contributed by atoms with Gasteiger partial charge in [-0.2, -0.15) is 0 Å². The van der Waals surface area contributed by atoms with Crippen molar-refractivity contribution >= 4 is 12.1 Å². The summed E-state index contributed by atoms with van der Waals surface area (Å²) in [6.45, 7) is 13.5. The molecule has 1 fully saturated rings. The number of esters is 1. The number of carbonyl (C=O) groups excluding carboxylic acids is 2. The van der Waals surface area contributed by atoms with E-state index in [1.54, 1.807) is 0 Å². The second kappa shape index (κ2) is 12.8. The normalized spacial score (nSPS) is 24.9. The summed E-state index contributed by atoms with van der Waals surface area (Å²) in [4.78, 5) is 22.8. The van der Waals surface area contributed by atoms with Crippen molar-refractivity contribution in [1.82, 2.24) is 10.6 Å². The Hall–Kier alpha value is -1.56. The maximum atomic E-state index is 12.0. The lowest BCUT2D eigenvalue weighted by molar-refractivity contribution is -0.137. The van der Waals surface area contributed by atoms with Crippen molar-refractivity contribution in [1.29, 1.82) is 0 Å². The number of nitrogens with one attached hydrogen (secondary N) is 2. The summed E-state index contributed by atoms with van der Waals surface area (Å²) in [7, 11) is 0. The lowest BCUT2D eigenvalue weighted by Crippen LogP contribution is -2.39. The van der Waals surface area contributed by atoms with Crippen LogP contribution < -0.4 is 10.6 Å². The van der Waals surface area contributed by atoms with Crippen molar-refractivity contribution < 1.29 is 19.1 Å². The number of ether oxygens (including phenoxy) is 2. The van der Waals surface area contributed by atoms with Gasteiger partial charge in [-0.05, 0) is 63.5 Å². The zero-order valence-electron chi connectivity index (χ0n) is 17.4. The van der Waals surface area contributed by atoms with Crippen LogP contribution in [0.1, 0.15) is 59.3 Å². The van der Waals surface area contributed by atoms with Gasteiger partial charge in [-0.15, -0.1) is 0 Å². The monoisotopic (exact) mass is 382 g/mol. The van der Waals surface area contributed by atoms with E-state index in [1.807, 2.05) is 0 Å². The van der Waals surface area contributed by atoms with Crippen molar-refractivity contribution in [2.45, 2.75) is 59.3 Å². The van der Waals surface area contributed by atoms with Gasteiger partial charge < -0.3 is 20.1 Å². The first-order chi connectivity index (χ1) is 12.9. The molecule has 0 heterocycles. The average molecular weight is 383 g/mol. The first-order valence-electron chi connectivity index (χ1n) is 10.3. The van der Waals surface area contributed by atoms with Crippen LogP contribution in [0.25, 0.3) is 0 Å². The smallest absolute Gasteiger partial charge is 0.407 e. The third-order valence-corrected chi connectivity index (χ3v) is 5.09. The molecule has 0 spiro atoms. The Morgan fingerprint density at radius 1 is 1.22 bits per heavy atom. The molecule has 0 aromatic carbocycles. The molecule has 0 radical (unpaired) electrons. The Morgan fingerprint density at radius 3 is 2.70 bits per heavy atom. The van der Waals surface area contributed by atoms with Crippen LogP contribution in [0.5, 0.6) is 0 Å². The maximum Gasteiger partial charge on any atom is 0.407 e. The number of alkyl carbamates (subject to hydrolysis) is 1. The Bertz CT molecular complexity index is 469. The van der Waals surface area contributed by atoms with Crippen LogP contribution in [0.2, 0.25) is 0 Å². The predicted octanol–water partition coefficient (Wildman–Crippen LogP) is 3.66. The Kier molecular flexibility index (Phi) is 11.1. The molecule has 1 unspecified atom stereocenters. The molecule has 2 N–H and O–H groups in total. The summed E-state index contributed by atoms with van der Waals surface area (Å²) in [5, 5.41) is 6.26. The molecule has 0 aromatic heterocycles. The van der Waals surface area contributed by atoms with Crippen LogP contribution in [0.15, 0.2) is 12.7 Å². The maximum absolute atomic E-state index is 12.0. The van der Waals surface area contributed by atoms with Crippen LogP contribution in [-0.2, 0) is 14.3 Å². The van der Waals surface area contributed by atoms with E-state index < -0.39 is 5.97 Å². The van der Waals surface area contributed by atoms with Gasteiger partial charge in [-0.25, -0.2) is 9.59 Å². The number of hydrogen-bond donors (Lipinski definition) is 2. The summed E-state index contributed by atoms with van der Waals surface area (Å²) >= 11 is 0. The minimum atomic E-state index is -0.394. The molecular weight excluding hydrogens is 344 g/mol. The summed E-state index contributed by atoms with van der Waals surface area (Å²) in [6, 6.07) is 0. The zero-order chi connectivity index (χ0) is 20.1. The largest absolute Gasteiger partial charge is 0.463 e. The number of unbranched alkanes of at least 4 members (excludes halogenated alkanes) is 2. The van der Waals surface area contributed by atoms with Gasteiger partial charge >= 0.3 is 12.1 Å². The van der Waals surface area contributed by atoms with Crippen molar-refractivity contribution in [3.63, 3.8) is 0 Å². The third kappa shape index (κ3) is 10.4. The number of rotatable bonds is 12. The molecule has 1 aliphatic carbocycles. The summed E-state index contributed by atoms with van der Waals surface area (Å²) in [5.41, 5.74) is 0.0596. The van der Waals surface area contributed by atoms with Gasteiger partial charge in [0.25, 0.3) is 0 Å². The molecule has 3 atom stereocenters. The highest BCUT2D eigenvalue weighted by molar-refractivity contribution is 5.81. The third-order valence-electron chi connectivity index (χ3n) is 5.09. The van der Waals surface area contributed by atoms with Crippen LogP contribution in [0, 0.1) is 17.3 Å². The fraction of sp³-hybridized carbons (Fsp3) is 0.810. The van der Waals surface area contributed by atoms with Crippen molar-refractivity contribution in [3.8, 4) is 0 Å². The molecule has 0 aromatic rings. The summed E-state index contributed by atoms with van der Waals surface area (Å²) in [6.07, 6.45) is 6.76. The molecule has 0 bridgehead atoms. The molecule has 1 amide bonds. The molecule has 6 nitrogen and oxygen atoms in total. The molecular formula is C21H38N2O4. The van der Waals surface area contributed by atoms with Crippen molar-refractivity contribution in [2.75, 3.05) is 32.8 Å². The van der Waals surface area contributed by atoms with Gasteiger partial charge in [0.2, 0.25) is 0 Å². The Morgan fingerprint density at radius 2 is 2.00 bits per heavy atom. The Balaban J connectivity index is 2.17. The van der Waals surface area contributed by atoms with E-state index in [-0.39, 0.29) is 11.5 Å². The summed E-state index contributed by atoms with van der Waals surface area (Å²) < 4.78 is 10.4. The van der Waals surface area contributed by atoms with Crippen LogP contribution in [0.4, 0.5) is 4.79 Å². The van der Waals surface area contributed by atoms with Gasteiger partial charge in [-0.1, -0.05) is 27.4 Å². The predicted molar refractivity (Wildman–Crippen MR) is 108 cm³/mol. The van der Waals surface area contributed by atoms with Crippen LogP contribution in [-0.4, -0.2) is 44.9 Å². The fourth-order valence-electron chi connectivity index (χ4n) is 4.10. The SMILES string of the molecule is C=CC(=O)OCCCCCNC(=O)OCC1(C)C[C@@H](C)C[C@@H](CNCC)C1. The summed E-state index contributed by atoms with van der Waals surface area (Å²) in [5.74, 6) is 0.921. The van der Waals surface area contributed by atoms with Crippen molar-refractivity contribution in [2.24, 2.45) is 17.3 Å². The van der Waals surface area contributed by atoms with Gasteiger partial charge in [-0.3, -0.25) is 0 Å². The number of hydrogen-bond acceptors (Lipinski definition) is 5. The van der Waals surface area contributed by atoms with E-state index in [9.17, 15) is 9.59 Å². The average Bonchev–Trinajstić information content (AvgIpc) is 2.63. The minimum Gasteiger partial charge on any atom is -0.463 e. The van der Waals surface area contributed by atoms with E-state index in [0.29, 0.717) is 31.6 Å². The molecule has 0 saturated heterocycles. The van der Waals surface area contributed by atoms with E-state index in [4.69, 9.17) is 9.47 Å². The van der Waals surface area contributed by atoms with E-state index >= 15 is 0 Å². The second-order valence-corrected chi connectivity index (χ2v) is 8.17. The first kappa shape index (κ1) is 23.5. The van der Waals surface area contributed by atoms with Crippen molar-refractivity contribution in [3.05, 3.63) is 12.7 Å². The van der Waals surface area contributed by atoms with Gasteiger partial charge in [0.15, 0.2) is 0 Å². The van der Waals surface area contributed by atoms with Gasteiger partial charge in [0.05, 0.1) is 13.2 Å². The molecule has 1 rings (SSSR count). The van der Waals surface area contributed by atoms with E-state index in [1.165, 1.54) is 6.42 Å². The van der Waals surface area contributed by atoms with Gasteiger partial charge in [0.1, 0.15) is 0 Å². The quantitative estimate of drug-likeness (QED) is 0.306. The fourth-order valence-corrected chi connectivity index (χ4v) is 4.10.